The lowest BCUT2D eigenvalue weighted by Gasteiger charge is -2.37. The zero-order valence-corrected chi connectivity index (χ0v) is 17.3. The molecule has 1 aromatic carbocycles. The lowest BCUT2D eigenvalue weighted by Crippen LogP contribution is -2.49. The van der Waals surface area contributed by atoms with E-state index in [9.17, 15) is 24.5 Å². The van der Waals surface area contributed by atoms with E-state index in [2.05, 4.69) is 5.32 Å². The molecule has 1 heterocycles. The summed E-state index contributed by atoms with van der Waals surface area (Å²) in [6.07, 6.45) is -0.413. The van der Waals surface area contributed by atoms with E-state index in [1.165, 1.54) is 23.1 Å². The summed E-state index contributed by atoms with van der Waals surface area (Å²) in [6.45, 7) is 6.69. The Morgan fingerprint density at radius 2 is 2.03 bits per heavy atom. The predicted molar refractivity (Wildman–Crippen MR) is 106 cm³/mol. The Balaban J connectivity index is 2.49. The number of urea groups is 1. The Bertz CT molecular complexity index is 879. The Morgan fingerprint density at radius 3 is 2.63 bits per heavy atom. The van der Waals surface area contributed by atoms with Crippen LogP contribution in [-0.2, 0) is 19.1 Å². The highest BCUT2D eigenvalue weighted by molar-refractivity contribution is 5.95. The second kappa shape index (κ2) is 9.86. The summed E-state index contributed by atoms with van der Waals surface area (Å²) in [6, 6.07) is 4.19. The SMILES string of the molecule is CCOC(=O)C1=C(C)NC(=O)N(CCC(=O)OC(C)C)C1c1cccc([N+](=O)[O-])c1. The van der Waals surface area contributed by atoms with Gasteiger partial charge in [-0.05, 0) is 33.3 Å². The summed E-state index contributed by atoms with van der Waals surface area (Å²) in [5.41, 5.74) is 0.613. The quantitative estimate of drug-likeness (QED) is 0.390. The first-order valence-electron chi connectivity index (χ1n) is 9.55. The Labute approximate surface area is 174 Å². The Morgan fingerprint density at radius 1 is 1.33 bits per heavy atom. The molecular weight excluding hydrogens is 394 g/mol. The van der Waals surface area contributed by atoms with Crippen LogP contribution in [0.4, 0.5) is 10.5 Å². The highest BCUT2D eigenvalue weighted by Crippen LogP contribution is 2.35. The fourth-order valence-corrected chi connectivity index (χ4v) is 3.17. The molecule has 10 heteroatoms. The van der Waals surface area contributed by atoms with Gasteiger partial charge in [-0.25, -0.2) is 9.59 Å². The molecule has 1 N–H and O–H groups in total. The molecule has 2 rings (SSSR count). The molecule has 2 amide bonds. The lowest BCUT2D eigenvalue weighted by molar-refractivity contribution is -0.384. The summed E-state index contributed by atoms with van der Waals surface area (Å²) in [7, 11) is 0. The van der Waals surface area contributed by atoms with Crippen LogP contribution in [0.2, 0.25) is 0 Å². The summed E-state index contributed by atoms with van der Waals surface area (Å²) in [5.74, 6) is -1.15. The number of ether oxygens (including phenoxy) is 2. The van der Waals surface area contributed by atoms with Gasteiger partial charge >= 0.3 is 18.0 Å². The highest BCUT2D eigenvalue weighted by Gasteiger charge is 2.39. The van der Waals surface area contributed by atoms with E-state index in [1.807, 2.05) is 0 Å². The zero-order chi connectivity index (χ0) is 22.4. The predicted octanol–water partition coefficient (Wildman–Crippen LogP) is 2.84. The normalized spacial score (nSPS) is 16.4. The third kappa shape index (κ3) is 5.34. The van der Waals surface area contributed by atoms with E-state index >= 15 is 0 Å². The number of hydrogen-bond donors (Lipinski definition) is 1. The van der Waals surface area contributed by atoms with Crippen molar-refractivity contribution in [3.63, 3.8) is 0 Å². The first-order valence-corrected chi connectivity index (χ1v) is 9.55. The lowest BCUT2D eigenvalue weighted by atomic mass is 9.93. The van der Waals surface area contributed by atoms with Crippen molar-refractivity contribution in [2.45, 2.75) is 46.3 Å². The standard InChI is InChI=1S/C20H25N3O7/c1-5-29-19(25)17-13(4)21-20(26)22(10-9-16(24)30-12(2)3)18(17)14-7-6-8-15(11-14)23(27)28/h6-8,11-12,18H,5,9-10H2,1-4H3,(H,21,26). The molecule has 0 saturated carbocycles. The molecule has 0 aromatic heterocycles. The second-order valence-electron chi connectivity index (χ2n) is 6.93. The van der Waals surface area contributed by atoms with Crippen molar-refractivity contribution in [2.75, 3.05) is 13.2 Å². The number of amides is 2. The van der Waals surface area contributed by atoms with Crippen molar-refractivity contribution in [3.05, 3.63) is 51.2 Å². The van der Waals surface area contributed by atoms with Crippen LogP contribution in [-0.4, -0.2) is 47.0 Å². The number of nitrogens with one attached hydrogen (secondary N) is 1. The summed E-state index contributed by atoms with van der Waals surface area (Å²) < 4.78 is 10.3. The van der Waals surface area contributed by atoms with Gasteiger partial charge in [-0.15, -0.1) is 0 Å². The smallest absolute Gasteiger partial charge is 0.338 e. The highest BCUT2D eigenvalue weighted by atomic mass is 16.6. The number of benzene rings is 1. The number of nitro benzene ring substituents is 1. The van der Waals surface area contributed by atoms with Crippen LogP contribution in [0.25, 0.3) is 0 Å². The number of carbonyl (C=O) groups excluding carboxylic acids is 3. The minimum absolute atomic E-state index is 0.0546. The second-order valence-corrected chi connectivity index (χ2v) is 6.93. The number of esters is 2. The first-order chi connectivity index (χ1) is 14.1. The van der Waals surface area contributed by atoms with Crippen molar-refractivity contribution >= 4 is 23.7 Å². The van der Waals surface area contributed by atoms with Gasteiger partial charge in [0.1, 0.15) is 0 Å². The van der Waals surface area contributed by atoms with Crippen LogP contribution in [0.15, 0.2) is 35.5 Å². The maximum Gasteiger partial charge on any atom is 0.338 e. The molecule has 1 aliphatic heterocycles. The minimum Gasteiger partial charge on any atom is -0.463 e. The average molecular weight is 419 g/mol. The third-order valence-electron chi connectivity index (χ3n) is 4.36. The minimum atomic E-state index is -0.954. The van der Waals surface area contributed by atoms with Gasteiger partial charge in [0.25, 0.3) is 5.69 Å². The maximum absolute atomic E-state index is 12.7. The molecule has 1 aliphatic rings. The van der Waals surface area contributed by atoms with E-state index in [0.29, 0.717) is 5.56 Å². The monoisotopic (exact) mass is 419 g/mol. The molecule has 0 radical (unpaired) electrons. The van der Waals surface area contributed by atoms with Crippen LogP contribution >= 0.6 is 0 Å². The van der Waals surface area contributed by atoms with Crippen molar-refractivity contribution < 1.29 is 28.8 Å². The van der Waals surface area contributed by atoms with Gasteiger partial charge in [0, 0.05) is 24.4 Å². The van der Waals surface area contributed by atoms with Gasteiger partial charge in [0.15, 0.2) is 0 Å². The van der Waals surface area contributed by atoms with E-state index < -0.39 is 28.9 Å². The van der Waals surface area contributed by atoms with Crippen LogP contribution < -0.4 is 5.32 Å². The number of carbonyl (C=O) groups is 3. The zero-order valence-electron chi connectivity index (χ0n) is 17.3. The molecule has 0 saturated heterocycles. The average Bonchev–Trinajstić information content (AvgIpc) is 2.66. The topological polar surface area (TPSA) is 128 Å². The molecule has 0 aliphatic carbocycles. The molecule has 0 fully saturated rings. The summed E-state index contributed by atoms with van der Waals surface area (Å²) >= 11 is 0. The van der Waals surface area contributed by atoms with Crippen LogP contribution in [0.5, 0.6) is 0 Å². The van der Waals surface area contributed by atoms with Gasteiger partial charge in [0.05, 0.1) is 35.7 Å². The van der Waals surface area contributed by atoms with Gasteiger partial charge in [0.2, 0.25) is 0 Å². The molecule has 162 valence electrons. The molecule has 30 heavy (non-hydrogen) atoms. The van der Waals surface area contributed by atoms with Gasteiger partial charge < -0.3 is 19.7 Å². The molecule has 1 atom stereocenters. The molecule has 10 nitrogen and oxygen atoms in total. The molecule has 0 spiro atoms. The van der Waals surface area contributed by atoms with E-state index in [0.717, 1.165) is 0 Å². The van der Waals surface area contributed by atoms with Crippen molar-refractivity contribution in [1.82, 2.24) is 10.2 Å². The number of rotatable bonds is 8. The fraction of sp³-hybridized carbons (Fsp3) is 0.450. The summed E-state index contributed by atoms with van der Waals surface area (Å²) in [4.78, 5) is 49.3. The van der Waals surface area contributed by atoms with Gasteiger partial charge in [-0.3, -0.25) is 14.9 Å². The van der Waals surface area contributed by atoms with E-state index in [1.54, 1.807) is 33.8 Å². The largest absolute Gasteiger partial charge is 0.463 e. The molecule has 1 aromatic rings. The number of nitro groups is 1. The van der Waals surface area contributed by atoms with Crippen molar-refractivity contribution in [3.8, 4) is 0 Å². The summed E-state index contributed by atoms with van der Waals surface area (Å²) in [5, 5.41) is 13.8. The Hall–Kier alpha value is -3.43. The van der Waals surface area contributed by atoms with Gasteiger partial charge in [-0.1, -0.05) is 12.1 Å². The number of nitrogens with zero attached hydrogens (tertiary/aromatic N) is 2. The number of allylic oxidation sites excluding steroid dienone is 1. The first kappa shape index (κ1) is 22.9. The maximum atomic E-state index is 12.7. The third-order valence-corrected chi connectivity index (χ3v) is 4.36. The van der Waals surface area contributed by atoms with Crippen LogP contribution in [0.3, 0.4) is 0 Å². The number of hydrogen-bond acceptors (Lipinski definition) is 7. The molecular formula is C20H25N3O7. The van der Waals surface area contributed by atoms with Crippen LogP contribution in [0.1, 0.15) is 45.7 Å². The fourth-order valence-electron chi connectivity index (χ4n) is 3.17. The van der Waals surface area contributed by atoms with E-state index in [4.69, 9.17) is 9.47 Å². The van der Waals surface area contributed by atoms with Gasteiger partial charge in [-0.2, -0.15) is 0 Å². The van der Waals surface area contributed by atoms with Crippen molar-refractivity contribution in [2.24, 2.45) is 0 Å². The van der Waals surface area contributed by atoms with Crippen LogP contribution in [0, 0.1) is 10.1 Å². The molecule has 0 bridgehead atoms. The molecule has 1 unspecified atom stereocenters. The van der Waals surface area contributed by atoms with E-state index in [-0.39, 0.29) is 42.6 Å². The Kier molecular flexibility index (Phi) is 7.51. The number of non-ortho nitro benzene ring substituents is 1. The van der Waals surface area contributed by atoms with Crippen molar-refractivity contribution in [1.29, 1.82) is 0 Å².